The van der Waals surface area contributed by atoms with Crippen LogP contribution in [0.15, 0.2) is 24.3 Å². The summed E-state index contributed by atoms with van der Waals surface area (Å²) < 4.78 is 11.3. The van der Waals surface area contributed by atoms with Crippen molar-refractivity contribution in [2.45, 2.75) is 231 Å². The number of allylic oxidation sites excluding steroid dienone is 4. The second-order valence-corrected chi connectivity index (χ2v) is 17.0. The molecular weight excluding hydrogens is 695 g/mol. The minimum Gasteiger partial charge on any atom is -0.464 e. The van der Waals surface area contributed by atoms with Crippen molar-refractivity contribution in [1.82, 2.24) is 10.2 Å². The number of hydrogen-bond acceptors (Lipinski definition) is 7. The van der Waals surface area contributed by atoms with Crippen LogP contribution in [0.3, 0.4) is 0 Å². The van der Waals surface area contributed by atoms with Crippen molar-refractivity contribution in [3.63, 3.8) is 0 Å². The van der Waals surface area contributed by atoms with Crippen molar-refractivity contribution in [2.24, 2.45) is 5.73 Å². The molecule has 3 N–H and O–H groups in total. The van der Waals surface area contributed by atoms with Gasteiger partial charge in [0, 0.05) is 31.5 Å². The van der Waals surface area contributed by atoms with E-state index in [2.05, 4.69) is 48.4 Å². The molecule has 7 heteroatoms. The van der Waals surface area contributed by atoms with Crippen molar-refractivity contribution in [1.29, 1.82) is 0 Å². The lowest BCUT2D eigenvalue weighted by Crippen LogP contribution is -2.48. The molecule has 0 atom stereocenters. The Morgan fingerprint density at radius 2 is 0.893 bits per heavy atom. The van der Waals surface area contributed by atoms with Crippen molar-refractivity contribution < 1.29 is 19.1 Å². The molecule has 328 valence electrons. The Kier molecular flexibility index (Phi) is 37.5. The first-order valence-corrected chi connectivity index (χ1v) is 24.3. The van der Waals surface area contributed by atoms with Gasteiger partial charge in [-0.2, -0.15) is 0 Å². The molecule has 0 amide bonds. The summed E-state index contributed by atoms with van der Waals surface area (Å²) in [5.74, 6) is -0.185. The molecule has 0 spiro atoms. The Hall–Kier alpha value is -1.70. The molecule has 1 rings (SSSR count). The number of ether oxygens (including phenoxy) is 2. The third-order valence-corrected chi connectivity index (χ3v) is 11.6. The summed E-state index contributed by atoms with van der Waals surface area (Å²) in [6, 6.07) is 0. The summed E-state index contributed by atoms with van der Waals surface area (Å²) in [5.41, 5.74) is 6.61. The predicted octanol–water partition coefficient (Wildman–Crippen LogP) is 12.7. The molecule has 0 aromatic heterocycles. The fraction of sp³-hybridized carbons (Fsp3) is 0.878. The average Bonchev–Trinajstić information content (AvgIpc) is 3.19. The van der Waals surface area contributed by atoms with Gasteiger partial charge in [-0.05, 0) is 110 Å². The van der Waals surface area contributed by atoms with Gasteiger partial charge in [-0.25, -0.2) is 0 Å². The van der Waals surface area contributed by atoms with Gasteiger partial charge in [0.25, 0.3) is 0 Å². The SMILES string of the molecule is CCCCCCCC/C=C\CCCCCCCC(=O)OCCN(CCCCC1(N)CCNCC1)CCOC(=O)CCCCCCC/C=C\CCCCCCCC. The van der Waals surface area contributed by atoms with Crippen LogP contribution in [0.4, 0.5) is 0 Å². The summed E-state index contributed by atoms with van der Waals surface area (Å²) in [6.07, 6.45) is 48.2. The smallest absolute Gasteiger partial charge is 0.305 e. The van der Waals surface area contributed by atoms with Gasteiger partial charge >= 0.3 is 11.9 Å². The zero-order chi connectivity index (χ0) is 40.5. The molecule has 0 bridgehead atoms. The second kappa shape index (κ2) is 40.1. The Morgan fingerprint density at radius 1 is 0.518 bits per heavy atom. The van der Waals surface area contributed by atoms with Crippen LogP contribution in [0.25, 0.3) is 0 Å². The van der Waals surface area contributed by atoms with E-state index in [1.54, 1.807) is 0 Å². The number of carbonyl (C=O) groups is 2. The number of hydrogen-bond donors (Lipinski definition) is 2. The van der Waals surface area contributed by atoms with Crippen LogP contribution >= 0.6 is 0 Å². The van der Waals surface area contributed by atoms with Crippen LogP contribution in [-0.4, -0.2) is 68.3 Å². The number of nitrogens with one attached hydrogen (secondary N) is 1. The molecule has 56 heavy (non-hydrogen) atoms. The van der Waals surface area contributed by atoms with Gasteiger partial charge in [-0.15, -0.1) is 0 Å². The maximum absolute atomic E-state index is 12.5. The van der Waals surface area contributed by atoms with E-state index in [9.17, 15) is 9.59 Å². The monoisotopic (exact) mass is 788 g/mol. The molecule has 0 unspecified atom stereocenters. The van der Waals surface area contributed by atoms with Crippen LogP contribution in [0, 0.1) is 0 Å². The first-order chi connectivity index (χ1) is 27.5. The summed E-state index contributed by atoms with van der Waals surface area (Å²) >= 11 is 0. The van der Waals surface area contributed by atoms with E-state index < -0.39 is 0 Å². The number of rotatable bonds is 41. The second-order valence-electron chi connectivity index (χ2n) is 17.0. The van der Waals surface area contributed by atoms with Crippen LogP contribution in [0.5, 0.6) is 0 Å². The highest BCUT2D eigenvalue weighted by Gasteiger charge is 2.26. The van der Waals surface area contributed by atoms with Gasteiger partial charge in [0.05, 0.1) is 0 Å². The highest BCUT2D eigenvalue weighted by atomic mass is 16.5. The van der Waals surface area contributed by atoms with Gasteiger partial charge < -0.3 is 20.5 Å². The lowest BCUT2D eigenvalue weighted by Gasteiger charge is -2.34. The normalized spacial score (nSPS) is 14.4. The molecule has 1 fully saturated rings. The topological polar surface area (TPSA) is 93.9 Å². The first kappa shape index (κ1) is 52.3. The number of esters is 2. The Labute approximate surface area is 347 Å². The quantitative estimate of drug-likeness (QED) is 0.0362. The van der Waals surface area contributed by atoms with Crippen molar-refractivity contribution in [2.75, 3.05) is 45.9 Å². The highest BCUT2D eigenvalue weighted by molar-refractivity contribution is 5.69. The summed E-state index contributed by atoms with van der Waals surface area (Å²) in [4.78, 5) is 27.2. The maximum atomic E-state index is 12.5. The van der Waals surface area contributed by atoms with Gasteiger partial charge in [0.1, 0.15) is 13.2 Å². The number of nitrogens with two attached hydrogens (primary N) is 1. The van der Waals surface area contributed by atoms with Crippen LogP contribution in [0.2, 0.25) is 0 Å². The van der Waals surface area contributed by atoms with Crippen molar-refractivity contribution >= 4 is 11.9 Å². The molecule has 0 aromatic carbocycles. The minimum absolute atomic E-state index is 0.0465. The fourth-order valence-electron chi connectivity index (χ4n) is 7.72. The number of piperidine rings is 1. The first-order valence-electron chi connectivity index (χ1n) is 24.3. The van der Waals surface area contributed by atoms with Gasteiger partial charge in [0.2, 0.25) is 0 Å². The molecule has 1 heterocycles. The summed E-state index contributed by atoms with van der Waals surface area (Å²) in [7, 11) is 0. The van der Waals surface area contributed by atoms with E-state index in [1.807, 2.05) is 0 Å². The third kappa shape index (κ3) is 35.5. The van der Waals surface area contributed by atoms with Crippen LogP contribution in [0.1, 0.15) is 226 Å². The van der Waals surface area contributed by atoms with Crippen molar-refractivity contribution in [3.8, 4) is 0 Å². The minimum atomic E-state index is -0.0926. The Morgan fingerprint density at radius 3 is 1.30 bits per heavy atom. The molecule has 0 saturated carbocycles. The summed E-state index contributed by atoms with van der Waals surface area (Å²) in [5, 5.41) is 3.41. The van der Waals surface area contributed by atoms with Gasteiger partial charge in [-0.3, -0.25) is 14.5 Å². The number of carbonyl (C=O) groups excluding carboxylic acids is 2. The number of nitrogens with zero attached hydrogens (tertiary/aromatic N) is 1. The molecule has 0 aromatic rings. The number of unbranched alkanes of at least 4 members (excludes halogenated alkanes) is 23. The highest BCUT2D eigenvalue weighted by Crippen LogP contribution is 2.22. The molecule has 1 aliphatic rings. The van der Waals surface area contributed by atoms with E-state index >= 15 is 0 Å². The molecule has 0 aliphatic carbocycles. The predicted molar refractivity (Wildman–Crippen MR) is 240 cm³/mol. The average molecular weight is 788 g/mol. The molecule has 1 saturated heterocycles. The molecule has 1 aliphatic heterocycles. The van der Waals surface area contributed by atoms with Crippen LogP contribution in [-0.2, 0) is 19.1 Å². The lowest BCUT2D eigenvalue weighted by molar-refractivity contribution is -0.144. The van der Waals surface area contributed by atoms with Gasteiger partial charge in [-0.1, -0.05) is 147 Å². The largest absolute Gasteiger partial charge is 0.464 e. The van der Waals surface area contributed by atoms with Crippen molar-refractivity contribution in [3.05, 3.63) is 24.3 Å². The van der Waals surface area contributed by atoms with E-state index in [1.165, 1.54) is 141 Å². The third-order valence-electron chi connectivity index (χ3n) is 11.6. The summed E-state index contributed by atoms with van der Waals surface area (Å²) in [6.45, 7) is 9.56. The molecule has 7 nitrogen and oxygen atoms in total. The fourth-order valence-corrected chi connectivity index (χ4v) is 7.72. The zero-order valence-electron chi connectivity index (χ0n) is 37.3. The maximum Gasteiger partial charge on any atom is 0.305 e. The molecular formula is C49H93N3O4. The molecule has 0 radical (unpaired) electrons. The standard InChI is InChI=1S/C49H93N3O4/c1-3-5-7-9-11-13-15-17-19-21-23-25-27-29-31-35-47(53)55-45-43-52(42-34-33-37-49(50)38-40-51-41-39-49)44-46-56-48(54)36-32-30-28-26-24-22-20-18-16-14-12-10-8-6-4-2/h17-20,51H,3-16,21-46,50H2,1-2H3/b19-17-,20-18-. The Bertz CT molecular complexity index is 874. The van der Waals surface area contributed by atoms with Gasteiger partial charge in [0.15, 0.2) is 0 Å². The van der Waals surface area contributed by atoms with Crippen LogP contribution < -0.4 is 11.1 Å². The Balaban J connectivity index is 2.17. The zero-order valence-corrected chi connectivity index (χ0v) is 37.3. The van der Waals surface area contributed by atoms with E-state index in [-0.39, 0.29) is 17.5 Å². The lowest BCUT2D eigenvalue weighted by atomic mass is 9.84. The van der Waals surface area contributed by atoms with E-state index in [0.717, 1.165) is 77.4 Å². The van der Waals surface area contributed by atoms with E-state index in [0.29, 0.717) is 39.1 Å². The van der Waals surface area contributed by atoms with E-state index in [4.69, 9.17) is 15.2 Å².